The van der Waals surface area contributed by atoms with E-state index < -0.39 is 18.1 Å². The van der Waals surface area contributed by atoms with Crippen LogP contribution in [0.3, 0.4) is 0 Å². The second-order valence-corrected chi connectivity index (χ2v) is 9.53. The Bertz CT molecular complexity index is 1310. The number of rotatable bonds is 7. The summed E-state index contributed by atoms with van der Waals surface area (Å²) in [5.41, 5.74) is 1.28. The molecule has 3 N–H and O–H groups in total. The molecule has 0 unspecified atom stereocenters. The van der Waals surface area contributed by atoms with Gasteiger partial charge in [-0.15, -0.1) is 0 Å². The minimum atomic E-state index is -0.550. The topological polar surface area (TPSA) is 137 Å². The van der Waals surface area contributed by atoms with Crippen molar-refractivity contribution in [1.82, 2.24) is 19.8 Å². The SMILES string of the molecule is C[C@H]1CN([C@@H](C)CO)C(=O)c2cccc(NC(=O)c3cnccn3)c2O[C@@H]1CN(C)C(=O)Nc1ccccc1. The molecule has 0 bridgehead atoms. The summed E-state index contributed by atoms with van der Waals surface area (Å²) in [7, 11) is 1.66. The largest absolute Gasteiger partial charge is 0.485 e. The Morgan fingerprint density at radius 2 is 1.92 bits per heavy atom. The van der Waals surface area contributed by atoms with Gasteiger partial charge >= 0.3 is 6.03 Å². The standard InChI is InChI=1S/C28H32N6O5/c1-18-15-34(19(2)17-35)27(37)21-10-7-11-22(32-26(36)23-14-29-12-13-30-23)25(21)39-24(18)16-33(3)28(38)31-20-8-5-4-6-9-20/h4-14,18-19,24,35H,15-17H2,1-3H3,(H,31,38)(H,32,36)/t18-,19-,24+/m0/s1. The molecule has 1 aromatic heterocycles. The summed E-state index contributed by atoms with van der Waals surface area (Å²) in [6.07, 6.45) is 3.66. The quantitative estimate of drug-likeness (QED) is 0.425. The molecule has 0 fully saturated rings. The summed E-state index contributed by atoms with van der Waals surface area (Å²) < 4.78 is 6.44. The Morgan fingerprint density at radius 3 is 2.62 bits per heavy atom. The van der Waals surface area contributed by atoms with Crippen molar-refractivity contribution in [3.63, 3.8) is 0 Å². The molecule has 1 aliphatic rings. The van der Waals surface area contributed by atoms with Gasteiger partial charge in [0.05, 0.1) is 36.6 Å². The third-order valence-electron chi connectivity index (χ3n) is 6.56. The maximum Gasteiger partial charge on any atom is 0.321 e. The number of ether oxygens (including phenoxy) is 1. The molecular weight excluding hydrogens is 500 g/mol. The van der Waals surface area contributed by atoms with Crippen molar-refractivity contribution in [2.75, 3.05) is 37.4 Å². The predicted molar refractivity (Wildman–Crippen MR) is 146 cm³/mol. The number of aliphatic hydroxyl groups excluding tert-OH is 1. The predicted octanol–water partition coefficient (Wildman–Crippen LogP) is 3.11. The van der Waals surface area contributed by atoms with Crippen LogP contribution in [0.5, 0.6) is 5.75 Å². The highest BCUT2D eigenvalue weighted by Gasteiger charge is 2.35. The van der Waals surface area contributed by atoms with Crippen LogP contribution in [0.4, 0.5) is 16.2 Å². The van der Waals surface area contributed by atoms with Crippen molar-refractivity contribution in [1.29, 1.82) is 0 Å². The number of urea groups is 1. The van der Waals surface area contributed by atoms with E-state index in [1.165, 1.54) is 23.5 Å². The maximum atomic E-state index is 13.6. The van der Waals surface area contributed by atoms with Gasteiger partial charge in [-0.2, -0.15) is 0 Å². The minimum Gasteiger partial charge on any atom is -0.485 e. The van der Waals surface area contributed by atoms with Crippen LogP contribution in [-0.2, 0) is 0 Å². The minimum absolute atomic E-state index is 0.102. The lowest BCUT2D eigenvalue weighted by molar-refractivity contribution is 0.0372. The molecule has 11 heteroatoms. The summed E-state index contributed by atoms with van der Waals surface area (Å²) in [5, 5.41) is 15.5. The second-order valence-electron chi connectivity index (χ2n) is 9.53. The fourth-order valence-corrected chi connectivity index (χ4v) is 4.26. The first kappa shape index (κ1) is 27.5. The van der Waals surface area contributed by atoms with Crippen LogP contribution < -0.4 is 15.4 Å². The lowest BCUT2D eigenvalue weighted by atomic mass is 9.99. The fraction of sp³-hybridized carbons (Fsp3) is 0.321. The Balaban J connectivity index is 1.65. The molecule has 2 aromatic carbocycles. The van der Waals surface area contributed by atoms with Gasteiger partial charge < -0.3 is 30.3 Å². The first-order valence-electron chi connectivity index (χ1n) is 12.6. The first-order chi connectivity index (χ1) is 18.8. The highest BCUT2D eigenvalue weighted by atomic mass is 16.5. The van der Waals surface area contributed by atoms with Gasteiger partial charge in [0.15, 0.2) is 5.75 Å². The summed E-state index contributed by atoms with van der Waals surface area (Å²) >= 11 is 0. The monoisotopic (exact) mass is 532 g/mol. The normalized spacial score (nSPS) is 17.6. The number of fused-ring (bicyclic) bond motifs is 1. The Morgan fingerprint density at radius 1 is 1.15 bits per heavy atom. The Kier molecular flexibility index (Phi) is 8.72. The van der Waals surface area contributed by atoms with Crippen LogP contribution in [0.2, 0.25) is 0 Å². The molecule has 0 spiro atoms. The van der Waals surface area contributed by atoms with E-state index >= 15 is 0 Å². The number of amides is 4. The molecule has 0 saturated heterocycles. The zero-order valence-corrected chi connectivity index (χ0v) is 22.1. The number of likely N-dealkylation sites (N-methyl/N-ethyl adjacent to an activating group) is 1. The van der Waals surface area contributed by atoms with E-state index in [0.717, 1.165) is 0 Å². The fourth-order valence-electron chi connectivity index (χ4n) is 4.26. The van der Waals surface area contributed by atoms with E-state index in [0.29, 0.717) is 12.2 Å². The molecule has 0 aliphatic carbocycles. The molecule has 3 atom stereocenters. The number of aromatic nitrogens is 2. The van der Waals surface area contributed by atoms with Crippen LogP contribution in [0.1, 0.15) is 34.7 Å². The van der Waals surface area contributed by atoms with E-state index in [9.17, 15) is 19.5 Å². The van der Waals surface area contributed by atoms with Crippen molar-refractivity contribution in [3.8, 4) is 5.75 Å². The van der Waals surface area contributed by atoms with E-state index in [1.54, 1.807) is 49.2 Å². The van der Waals surface area contributed by atoms with Crippen LogP contribution >= 0.6 is 0 Å². The van der Waals surface area contributed by atoms with Crippen LogP contribution in [-0.4, -0.2) is 81.6 Å². The van der Waals surface area contributed by atoms with Gasteiger partial charge in [0.2, 0.25) is 0 Å². The average molecular weight is 533 g/mol. The summed E-state index contributed by atoms with van der Waals surface area (Å²) in [6, 6.07) is 13.2. The number of hydrogen-bond acceptors (Lipinski definition) is 7. The first-order valence-corrected chi connectivity index (χ1v) is 12.6. The number of hydrogen-bond donors (Lipinski definition) is 3. The number of para-hydroxylation sites is 2. The Labute approximate surface area is 226 Å². The highest BCUT2D eigenvalue weighted by Crippen LogP contribution is 2.35. The third-order valence-corrected chi connectivity index (χ3v) is 6.56. The number of anilines is 2. The third kappa shape index (κ3) is 6.50. The van der Waals surface area contributed by atoms with Crippen molar-refractivity contribution >= 4 is 29.2 Å². The second kappa shape index (κ2) is 12.4. The molecule has 11 nitrogen and oxygen atoms in total. The maximum absolute atomic E-state index is 13.6. The van der Waals surface area contributed by atoms with Gasteiger partial charge in [0, 0.05) is 37.6 Å². The molecular formula is C28H32N6O5. The van der Waals surface area contributed by atoms with Gasteiger partial charge in [-0.1, -0.05) is 31.2 Å². The molecule has 2 heterocycles. The van der Waals surface area contributed by atoms with Crippen molar-refractivity contribution < 1.29 is 24.2 Å². The van der Waals surface area contributed by atoms with Crippen molar-refractivity contribution in [2.24, 2.45) is 5.92 Å². The van der Waals surface area contributed by atoms with E-state index in [1.807, 2.05) is 25.1 Å². The molecule has 0 radical (unpaired) electrons. The molecule has 3 aromatic rings. The van der Waals surface area contributed by atoms with Crippen LogP contribution in [0.15, 0.2) is 67.1 Å². The molecule has 39 heavy (non-hydrogen) atoms. The lowest BCUT2D eigenvalue weighted by Crippen LogP contribution is -2.50. The van der Waals surface area contributed by atoms with Crippen LogP contribution in [0, 0.1) is 5.92 Å². The average Bonchev–Trinajstić information content (AvgIpc) is 2.95. The zero-order valence-electron chi connectivity index (χ0n) is 22.1. The number of nitrogens with one attached hydrogen (secondary N) is 2. The van der Waals surface area contributed by atoms with Gasteiger partial charge in [0.1, 0.15) is 11.8 Å². The molecule has 4 rings (SSSR count). The van der Waals surface area contributed by atoms with E-state index in [2.05, 4.69) is 20.6 Å². The number of carbonyl (C=O) groups is 3. The number of aliphatic hydroxyl groups is 1. The number of carbonyl (C=O) groups excluding carboxylic acids is 3. The van der Waals surface area contributed by atoms with E-state index in [-0.39, 0.29) is 53.7 Å². The van der Waals surface area contributed by atoms with Crippen molar-refractivity contribution in [2.45, 2.75) is 26.0 Å². The van der Waals surface area contributed by atoms with E-state index in [4.69, 9.17) is 4.74 Å². The zero-order chi connectivity index (χ0) is 27.9. The van der Waals surface area contributed by atoms with Crippen molar-refractivity contribution in [3.05, 3.63) is 78.4 Å². The Hall–Kier alpha value is -4.51. The molecule has 0 saturated carbocycles. The summed E-state index contributed by atoms with van der Waals surface area (Å²) in [5.74, 6) is -0.892. The smallest absolute Gasteiger partial charge is 0.321 e. The number of nitrogens with zero attached hydrogens (tertiary/aromatic N) is 4. The summed E-state index contributed by atoms with van der Waals surface area (Å²) in [4.78, 5) is 50.5. The summed E-state index contributed by atoms with van der Waals surface area (Å²) in [6.45, 7) is 3.96. The molecule has 1 aliphatic heterocycles. The van der Waals surface area contributed by atoms with Gasteiger partial charge in [-0.25, -0.2) is 9.78 Å². The van der Waals surface area contributed by atoms with Gasteiger partial charge in [-0.3, -0.25) is 14.6 Å². The van der Waals surface area contributed by atoms with Gasteiger partial charge in [0.25, 0.3) is 11.8 Å². The molecule has 204 valence electrons. The van der Waals surface area contributed by atoms with Crippen LogP contribution in [0.25, 0.3) is 0 Å². The van der Waals surface area contributed by atoms with Gasteiger partial charge in [-0.05, 0) is 31.2 Å². The highest BCUT2D eigenvalue weighted by molar-refractivity contribution is 6.06. The lowest BCUT2D eigenvalue weighted by Gasteiger charge is -2.38. The molecule has 4 amide bonds. The number of benzene rings is 2.